The maximum atomic E-state index is 12.5. The van der Waals surface area contributed by atoms with E-state index in [1.165, 1.54) is 0 Å². The minimum absolute atomic E-state index is 0.0828. The molecule has 2 aromatic rings. The zero-order valence-electron chi connectivity index (χ0n) is 13.1. The summed E-state index contributed by atoms with van der Waals surface area (Å²) < 4.78 is 0. The van der Waals surface area contributed by atoms with Gasteiger partial charge in [0.1, 0.15) is 5.82 Å². The molecule has 0 aliphatic heterocycles. The van der Waals surface area contributed by atoms with E-state index in [-0.39, 0.29) is 36.2 Å². The lowest BCUT2D eigenvalue weighted by Gasteiger charge is -2.42. The van der Waals surface area contributed by atoms with Crippen molar-refractivity contribution in [1.82, 2.24) is 10.3 Å². The molecular weight excluding hydrogens is 290 g/mol. The van der Waals surface area contributed by atoms with Crippen LogP contribution in [0.4, 0.5) is 5.82 Å². The summed E-state index contributed by atoms with van der Waals surface area (Å²) >= 11 is 0. The van der Waals surface area contributed by atoms with Crippen LogP contribution < -0.4 is 11.1 Å². The number of hydrogen-bond acceptors (Lipinski definition) is 4. The summed E-state index contributed by atoms with van der Waals surface area (Å²) in [6, 6.07) is 11.6. The zero-order valence-corrected chi connectivity index (χ0v) is 13.1. The lowest BCUT2D eigenvalue weighted by molar-refractivity contribution is 0.0527. The largest absolute Gasteiger partial charge is 0.396 e. The molecule has 1 amide bonds. The van der Waals surface area contributed by atoms with E-state index < -0.39 is 0 Å². The molecule has 1 heterocycles. The van der Waals surface area contributed by atoms with Gasteiger partial charge in [-0.1, -0.05) is 37.3 Å². The number of amides is 1. The number of carbonyl (C=O) groups excluding carboxylic acids is 1. The summed E-state index contributed by atoms with van der Waals surface area (Å²) in [6.45, 7) is 2.21. The van der Waals surface area contributed by atoms with Crippen molar-refractivity contribution in [3.05, 3.63) is 48.2 Å². The summed E-state index contributed by atoms with van der Waals surface area (Å²) in [4.78, 5) is 16.7. The number of nitrogens with zero attached hydrogens (tertiary/aromatic N) is 1. The number of carbonyl (C=O) groups is 1. The maximum Gasteiger partial charge on any atom is 0.255 e. The van der Waals surface area contributed by atoms with Crippen molar-refractivity contribution in [2.45, 2.75) is 19.4 Å². The topological polar surface area (TPSA) is 88.2 Å². The molecule has 120 valence electrons. The van der Waals surface area contributed by atoms with Crippen molar-refractivity contribution >= 4 is 11.7 Å². The van der Waals surface area contributed by atoms with Gasteiger partial charge in [0, 0.05) is 24.4 Å². The lowest BCUT2D eigenvalue weighted by atomic mass is 9.70. The van der Waals surface area contributed by atoms with E-state index in [2.05, 4.69) is 10.3 Å². The van der Waals surface area contributed by atoms with Gasteiger partial charge in [0.25, 0.3) is 5.91 Å². The van der Waals surface area contributed by atoms with E-state index in [0.717, 1.165) is 17.5 Å². The van der Waals surface area contributed by atoms with E-state index in [1.807, 2.05) is 37.3 Å². The number of anilines is 1. The number of nitrogens with two attached hydrogens (primary N) is 1. The van der Waals surface area contributed by atoms with Crippen LogP contribution in [0.5, 0.6) is 0 Å². The van der Waals surface area contributed by atoms with E-state index in [0.29, 0.717) is 5.56 Å². The van der Waals surface area contributed by atoms with Crippen LogP contribution in [0.15, 0.2) is 42.6 Å². The Hall–Kier alpha value is -2.40. The Labute approximate surface area is 135 Å². The molecule has 3 rings (SSSR count). The predicted octanol–water partition coefficient (Wildman–Crippen LogP) is 2.08. The fourth-order valence-corrected chi connectivity index (χ4v) is 3.01. The Morgan fingerprint density at radius 1 is 1.35 bits per heavy atom. The van der Waals surface area contributed by atoms with Gasteiger partial charge in [-0.15, -0.1) is 0 Å². The van der Waals surface area contributed by atoms with E-state index in [9.17, 15) is 9.90 Å². The first-order valence-electron chi connectivity index (χ1n) is 7.82. The smallest absolute Gasteiger partial charge is 0.255 e. The molecule has 1 aromatic carbocycles. The van der Waals surface area contributed by atoms with E-state index >= 15 is 0 Å². The van der Waals surface area contributed by atoms with Crippen molar-refractivity contribution in [1.29, 1.82) is 0 Å². The SMILES string of the molecule is CC1C(CO)CC1NC(=O)c1cc(-c2ccccc2)cnc1N. The second-order valence-electron chi connectivity index (χ2n) is 6.14. The highest BCUT2D eigenvalue weighted by atomic mass is 16.3. The van der Waals surface area contributed by atoms with E-state index in [1.54, 1.807) is 12.3 Å². The monoisotopic (exact) mass is 311 g/mol. The first-order valence-corrected chi connectivity index (χ1v) is 7.82. The zero-order chi connectivity index (χ0) is 16.4. The van der Waals surface area contributed by atoms with Crippen molar-refractivity contribution < 1.29 is 9.90 Å². The van der Waals surface area contributed by atoms with Crippen LogP contribution in [-0.2, 0) is 0 Å². The number of aromatic nitrogens is 1. The molecule has 1 aliphatic carbocycles. The maximum absolute atomic E-state index is 12.5. The Morgan fingerprint density at radius 2 is 2.09 bits per heavy atom. The summed E-state index contributed by atoms with van der Waals surface area (Å²) in [5.41, 5.74) is 8.13. The van der Waals surface area contributed by atoms with Crippen LogP contribution in [-0.4, -0.2) is 28.6 Å². The molecule has 3 unspecified atom stereocenters. The molecule has 1 aromatic heterocycles. The molecule has 1 saturated carbocycles. The molecule has 4 N–H and O–H groups in total. The molecule has 0 spiro atoms. The number of nitrogen functional groups attached to an aromatic ring is 1. The highest BCUT2D eigenvalue weighted by molar-refractivity contribution is 5.99. The van der Waals surface area contributed by atoms with Gasteiger partial charge < -0.3 is 16.2 Å². The Kier molecular flexibility index (Phi) is 4.30. The molecule has 23 heavy (non-hydrogen) atoms. The van der Waals surface area contributed by atoms with Crippen molar-refractivity contribution in [2.24, 2.45) is 11.8 Å². The number of rotatable bonds is 4. The van der Waals surface area contributed by atoms with Gasteiger partial charge in [-0.2, -0.15) is 0 Å². The summed E-state index contributed by atoms with van der Waals surface area (Å²) in [6.07, 6.45) is 2.48. The average Bonchev–Trinajstić information content (AvgIpc) is 2.58. The fraction of sp³-hybridized carbons (Fsp3) is 0.333. The third-order valence-electron chi connectivity index (χ3n) is 4.76. The molecule has 5 heteroatoms. The highest BCUT2D eigenvalue weighted by Gasteiger charge is 2.38. The first-order chi connectivity index (χ1) is 11.1. The number of benzene rings is 1. The van der Waals surface area contributed by atoms with Gasteiger partial charge in [0.05, 0.1) is 5.56 Å². The lowest BCUT2D eigenvalue weighted by Crippen LogP contribution is -2.52. The highest BCUT2D eigenvalue weighted by Crippen LogP contribution is 2.34. The molecule has 0 bridgehead atoms. The van der Waals surface area contributed by atoms with Crippen molar-refractivity contribution in [3.63, 3.8) is 0 Å². The normalized spacial score (nSPS) is 23.1. The molecule has 1 fully saturated rings. The van der Waals surface area contributed by atoms with Crippen LogP contribution in [0.2, 0.25) is 0 Å². The summed E-state index contributed by atoms with van der Waals surface area (Å²) in [5, 5.41) is 12.2. The minimum Gasteiger partial charge on any atom is -0.396 e. The van der Waals surface area contributed by atoms with Crippen LogP contribution in [0, 0.1) is 11.8 Å². The van der Waals surface area contributed by atoms with Gasteiger partial charge in [-0.25, -0.2) is 4.98 Å². The van der Waals surface area contributed by atoms with Gasteiger partial charge >= 0.3 is 0 Å². The standard InChI is InChI=1S/C18H21N3O2/c1-11-14(10-22)8-16(11)21-18(23)15-7-13(9-20-17(15)19)12-5-3-2-4-6-12/h2-7,9,11,14,16,22H,8,10H2,1H3,(H2,19,20)(H,21,23). The number of nitrogens with one attached hydrogen (secondary N) is 1. The summed E-state index contributed by atoms with van der Waals surface area (Å²) in [7, 11) is 0. The van der Waals surface area contributed by atoms with Crippen LogP contribution >= 0.6 is 0 Å². The molecular formula is C18H21N3O2. The molecule has 0 saturated heterocycles. The molecule has 3 atom stereocenters. The molecule has 0 radical (unpaired) electrons. The van der Waals surface area contributed by atoms with Crippen molar-refractivity contribution in [2.75, 3.05) is 12.3 Å². The third-order valence-corrected chi connectivity index (χ3v) is 4.76. The van der Waals surface area contributed by atoms with Crippen LogP contribution in [0.1, 0.15) is 23.7 Å². The predicted molar refractivity (Wildman–Crippen MR) is 89.7 cm³/mol. The number of hydrogen-bond donors (Lipinski definition) is 3. The Balaban J connectivity index is 1.78. The van der Waals surface area contributed by atoms with Gasteiger partial charge in [-0.05, 0) is 29.9 Å². The quantitative estimate of drug-likeness (QED) is 0.806. The number of aliphatic hydroxyl groups excluding tert-OH is 1. The number of aliphatic hydroxyl groups is 1. The number of pyridine rings is 1. The van der Waals surface area contributed by atoms with Crippen molar-refractivity contribution in [3.8, 4) is 11.1 Å². The first kappa shape index (κ1) is 15.5. The van der Waals surface area contributed by atoms with Crippen LogP contribution in [0.3, 0.4) is 0 Å². The second-order valence-corrected chi connectivity index (χ2v) is 6.14. The second kappa shape index (κ2) is 6.38. The minimum atomic E-state index is -0.207. The summed E-state index contributed by atoms with van der Waals surface area (Å²) in [5.74, 6) is 0.566. The fourth-order valence-electron chi connectivity index (χ4n) is 3.01. The van der Waals surface area contributed by atoms with Gasteiger partial charge in [-0.3, -0.25) is 4.79 Å². The molecule has 1 aliphatic rings. The Morgan fingerprint density at radius 3 is 2.74 bits per heavy atom. The van der Waals surface area contributed by atoms with Gasteiger partial charge in [0.2, 0.25) is 0 Å². The van der Waals surface area contributed by atoms with E-state index in [4.69, 9.17) is 5.73 Å². The van der Waals surface area contributed by atoms with Crippen LogP contribution in [0.25, 0.3) is 11.1 Å². The van der Waals surface area contributed by atoms with Gasteiger partial charge in [0.15, 0.2) is 0 Å². The average molecular weight is 311 g/mol. The molecule has 5 nitrogen and oxygen atoms in total. The third kappa shape index (κ3) is 3.05. The Bertz CT molecular complexity index is 703.